The molecule has 0 amide bonds. The standard InChI is InChI=1S/C20H26/c1-3-4-5-9-12-19-15-17(2)13-14-20(19)16-18-10-7-6-8-11-18/h6-8,10-11,13-15H,3-5,9,12,16H2,1-2H3. The minimum Gasteiger partial charge on any atom is -0.0654 e. The lowest BCUT2D eigenvalue weighted by atomic mass is 9.94. The van der Waals surface area contributed by atoms with Gasteiger partial charge in [0.05, 0.1) is 0 Å². The van der Waals surface area contributed by atoms with Crippen molar-refractivity contribution in [3.8, 4) is 0 Å². The lowest BCUT2D eigenvalue weighted by Gasteiger charge is -2.11. The highest BCUT2D eigenvalue weighted by atomic mass is 14.1. The molecule has 0 saturated heterocycles. The van der Waals surface area contributed by atoms with Gasteiger partial charge >= 0.3 is 0 Å². The zero-order chi connectivity index (χ0) is 14.2. The van der Waals surface area contributed by atoms with Crippen molar-refractivity contribution < 1.29 is 0 Å². The molecule has 2 aromatic carbocycles. The molecule has 0 unspecified atom stereocenters. The monoisotopic (exact) mass is 266 g/mol. The van der Waals surface area contributed by atoms with Crippen molar-refractivity contribution in [1.82, 2.24) is 0 Å². The Balaban J connectivity index is 2.07. The lowest BCUT2D eigenvalue weighted by Crippen LogP contribution is -1.97. The van der Waals surface area contributed by atoms with Crippen molar-refractivity contribution in [2.45, 2.75) is 52.4 Å². The van der Waals surface area contributed by atoms with Gasteiger partial charge in [0.25, 0.3) is 0 Å². The van der Waals surface area contributed by atoms with Gasteiger partial charge in [-0.15, -0.1) is 0 Å². The molecular formula is C20H26. The Bertz CT molecular complexity index is 511. The van der Waals surface area contributed by atoms with Crippen LogP contribution in [0.2, 0.25) is 0 Å². The molecule has 0 fully saturated rings. The van der Waals surface area contributed by atoms with Gasteiger partial charge in [0.15, 0.2) is 0 Å². The van der Waals surface area contributed by atoms with Gasteiger partial charge in [-0.25, -0.2) is 0 Å². The summed E-state index contributed by atoms with van der Waals surface area (Å²) in [6.45, 7) is 4.47. The van der Waals surface area contributed by atoms with Crippen LogP contribution in [-0.2, 0) is 12.8 Å². The van der Waals surface area contributed by atoms with Crippen molar-refractivity contribution in [2.75, 3.05) is 0 Å². The Morgan fingerprint density at radius 1 is 0.800 bits per heavy atom. The SMILES string of the molecule is CCCCCCc1cc(C)ccc1Cc1ccccc1. The van der Waals surface area contributed by atoms with E-state index in [0.29, 0.717) is 0 Å². The fourth-order valence-corrected chi connectivity index (χ4v) is 2.72. The maximum absolute atomic E-state index is 2.38. The Hall–Kier alpha value is -1.56. The predicted molar refractivity (Wildman–Crippen MR) is 88.3 cm³/mol. The van der Waals surface area contributed by atoms with Crippen molar-refractivity contribution in [2.24, 2.45) is 0 Å². The molecule has 0 aliphatic heterocycles. The van der Waals surface area contributed by atoms with Crippen molar-refractivity contribution in [3.63, 3.8) is 0 Å². The van der Waals surface area contributed by atoms with Crippen LogP contribution in [0, 0.1) is 6.92 Å². The highest BCUT2D eigenvalue weighted by Crippen LogP contribution is 2.19. The quantitative estimate of drug-likeness (QED) is 0.563. The van der Waals surface area contributed by atoms with E-state index in [1.807, 2.05) is 0 Å². The van der Waals surface area contributed by atoms with Crippen LogP contribution >= 0.6 is 0 Å². The first kappa shape index (κ1) is 14.8. The molecule has 0 aromatic heterocycles. The van der Waals surface area contributed by atoms with E-state index in [9.17, 15) is 0 Å². The van der Waals surface area contributed by atoms with Gasteiger partial charge in [0.1, 0.15) is 0 Å². The molecule has 2 aromatic rings. The van der Waals surface area contributed by atoms with E-state index in [0.717, 1.165) is 6.42 Å². The molecule has 0 aliphatic rings. The fourth-order valence-electron chi connectivity index (χ4n) is 2.72. The summed E-state index contributed by atoms with van der Waals surface area (Å²) in [5, 5.41) is 0. The summed E-state index contributed by atoms with van der Waals surface area (Å²) in [6.07, 6.45) is 7.63. The molecule has 0 bridgehead atoms. The second-order valence-corrected chi connectivity index (χ2v) is 5.75. The number of benzene rings is 2. The maximum Gasteiger partial charge on any atom is -0.00230 e. The fraction of sp³-hybridized carbons (Fsp3) is 0.400. The van der Waals surface area contributed by atoms with Gasteiger partial charge in [-0.3, -0.25) is 0 Å². The molecule has 0 N–H and O–H groups in total. The third kappa shape index (κ3) is 4.52. The zero-order valence-electron chi connectivity index (χ0n) is 12.9. The Labute approximate surface area is 123 Å². The highest BCUT2D eigenvalue weighted by molar-refractivity contribution is 5.35. The van der Waals surface area contributed by atoms with E-state index in [1.165, 1.54) is 48.8 Å². The third-order valence-corrected chi connectivity index (χ3v) is 3.90. The molecule has 106 valence electrons. The Kier molecular flexibility index (Phi) is 5.86. The van der Waals surface area contributed by atoms with E-state index in [2.05, 4.69) is 62.4 Å². The lowest BCUT2D eigenvalue weighted by molar-refractivity contribution is 0.665. The first-order valence-electron chi connectivity index (χ1n) is 7.92. The van der Waals surface area contributed by atoms with E-state index in [4.69, 9.17) is 0 Å². The van der Waals surface area contributed by atoms with Crippen LogP contribution in [0.15, 0.2) is 48.5 Å². The van der Waals surface area contributed by atoms with E-state index in [1.54, 1.807) is 5.56 Å². The third-order valence-electron chi connectivity index (χ3n) is 3.90. The van der Waals surface area contributed by atoms with Gasteiger partial charge in [-0.05, 0) is 42.9 Å². The number of aryl methyl sites for hydroxylation is 2. The van der Waals surface area contributed by atoms with Crippen LogP contribution in [0.5, 0.6) is 0 Å². The highest BCUT2D eigenvalue weighted by Gasteiger charge is 2.04. The summed E-state index contributed by atoms with van der Waals surface area (Å²) in [6, 6.07) is 17.7. The van der Waals surface area contributed by atoms with Crippen LogP contribution in [0.4, 0.5) is 0 Å². The molecule has 0 radical (unpaired) electrons. The van der Waals surface area contributed by atoms with Gasteiger partial charge in [0.2, 0.25) is 0 Å². The van der Waals surface area contributed by atoms with Crippen molar-refractivity contribution in [3.05, 3.63) is 70.8 Å². The number of rotatable bonds is 7. The smallest absolute Gasteiger partial charge is 0.00230 e. The molecule has 0 spiro atoms. The maximum atomic E-state index is 2.38. The van der Waals surface area contributed by atoms with Gasteiger partial charge in [-0.2, -0.15) is 0 Å². The van der Waals surface area contributed by atoms with E-state index < -0.39 is 0 Å². The van der Waals surface area contributed by atoms with Crippen LogP contribution in [0.3, 0.4) is 0 Å². The Morgan fingerprint density at radius 2 is 1.60 bits per heavy atom. The molecule has 0 atom stereocenters. The molecule has 0 heteroatoms. The van der Waals surface area contributed by atoms with Crippen molar-refractivity contribution in [1.29, 1.82) is 0 Å². The molecule has 0 nitrogen and oxygen atoms in total. The molecule has 20 heavy (non-hydrogen) atoms. The van der Waals surface area contributed by atoms with Gasteiger partial charge in [-0.1, -0.05) is 80.3 Å². The first-order chi connectivity index (χ1) is 9.79. The van der Waals surface area contributed by atoms with Crippen molar-refractivity contribution >= 4 is 0 Å². The second kappa shape index (κ2) is 7.89. The van der Waals surface area contributed by atoms with E-state index >= 15 is 0 Å². The summed E-state index contributed by atoms with van der Waals surface area (Å²) in [7, 11) is 0. The average Bonchev–Trinajstić information content (AvgIpc) is 2.47. The molecule has 0 saturated carbocycles. The molecule has 0 heterocycles. The van der Waals surface area contributed by atoms with E-state index in [-0.39, 0.29) is 0 Å². The largest absolute Gasteiger partial charge is 0.0654 e. The van der Waals surface area contributed by atoms with Crippen LogP contribution in [0.1, 0.15) is 54.9 Å². The topological polar surface area (TPSA) is 0 Å². The van der Waals surface area contributed by atoms with Crippen LogP contribution in [-0.4, -0.2) is 0 Å². The summed E-state index contributed by atoms with van der Waals surface area (Å²) in [5.41, 5.74) is 5.83. The minimum atomic E-state index is 1.06. The summed E-state index contributed by atoms with van der Waals surface area (Å²) >= 11 is 0. The Morgan fingerprint density at radius 3 is 2.35 bits per heavy atom. The molecule has 0 aliphatic carbocycles. The number of hydrogen-bond donors (Lipinski definition) is 0. The molecule has 2 rings (SSSR count). The first-order valence-corrected chi connectivity index (χ1v) is 7.92. The average molecular weight is 266 g/mol. The van der Waals surface area contributed by atoms with Gasteiger partial charge < -0.3 is 0 Å². The zero-order valence-corrected chi connectivity index (χ0v) is 12.9. The second-order valence-electron chi connectivity index (χ2n) is 5.75. The summed E-state index contributed by atoms with van der Waals surface area (Å²) < 4.78 is 0. The van der Waals surface area contributed by atoms with Crippen LogP contribution < -0.4 is 0 Å². The van der Waals surface area contributed by atoms with Gasteiger partial charge in [0, 0.05) is 0 Å². The predicted octanol–water partition coefficient (Wildman–Crippen LogP) is 5.71. The summed E-state index contributed by atoms with van der Waals surface area (Å²) in [5.74, 6) is 0. The summed E-state index contributed by atoms with van der Waals surface area (Å²) in [4.78, 5) is 0. The van der Waals surface area contributed by atoms with Crippen LogP contribution in [0.25, 0.3) is 0 Å². The number of unbranched alkanes of at least 4 members (excludes halogenated alkanes) is 3. The normalized spacial score (nSPS) is 10.7. The minimum absolute atomic E-state index is 1.06. The number of hydrogen-bond acceptors (Lipinski definition) is 0. The molecular weight excluding hydrogens is 240 g/mol.